The summed E-state index contributed by atoms with van der Waals surface area (Å²) >= 11 is 11.6. The Morgan fingerprint density at radius 3 is 2.36 bits per heavy atom. The van der Waals surface area contributed by atoms with Gasteiger partial charge in [0.25, 0.3) is 0 Å². The first kappa shape index (κ1) is 11.3. The van der Waals surface area contributed by atoms with Gasteiger partial charge in [0.05, 0.1) is 16.1 Å². The summed E-state index contributed by atoms with van der Waals surface area (Å²) in [5.41, 5.74) is 0.854. The van der Waals surface area contributed by atoms with E-state index in [1.54, 1.807) is 12.1 Å². The summed E-state index contributed by atoms with van der Waals surface area (Å²) in [4.78, 5) is 1.82. The standard InChI is InChI=1S/C10H10Cl2N2/c1-14(2)10(6-13)7-3-4-8(11)9(12)5-7/h3-5,10H,1-2H3/t10-/m1/s1. The predicted octanol–water partition coefficient (Wildman–Crippen LogP) is 3.12. The fourth-order valence-electron chi connectivity index (χ4n) is 1.17. The van der Waals surface area contributed by atoms with Crippen LogP contribution in [0.1, 0.15) is 11.6 Å². The van der Waals surface area contributed by atoms with Crippen LogP contribution >= 0.6 is 23.2 Å². The number of hydrogen-bond donors (Lipinski definition) is 0. The zero-order valence-electron chi connectivity index (χ0n) is 7.96. The van der Waals surface area contributed by atoms with E-state index in [2.05, 4.69) is 6.07 Å². The quantitative estimate of drug-likeness (QED) is 0.778. The summed E-state index contributed by atoms with van der Waals surface area (Å²) in [5, 5.41) is 9.93. The second-order valence-corrected chi connectivity index (χ2v) is 3.98. The molecule has 0 spiro atoms. The van der Waals surface area contributed by atoms with E-state index in [1.165, 1.54) is 0 Å². The topological polar surface area (TPSA) is 27.0 Å². The first-order valence-electron chi connectivity index (χ1n) is 4.07. The summed E-state index contributed by atoms with van der Waals surface area (Å²) in [6, 6.07) is 7.13. The molecule has 0 aromatic heterocycles. The monoisotopic (exact) mass is 228 g/mol. The van der Waals surface area contributed by atoms with Gasteiger partial charge < -0.3 is 0 Å². The zero-order chi connectivity index (χ0) is 10.7. The second kappa shape index (κ2) is 4.65. The molecule has 0 saturated carbocycles. The molecule has 14 heavy (non-hydrogen) atoms. The average Bonchev–Trinajstić information content (AvgIpc) is 2.11. The van der Waals surface area contributed by atoms with Crippen molar-refractivity contribution in [1.29, 1.82) is 5.26 Å². The molecule has 0 amide bonds. The first-order valence-corrected chi connectivity index (χ1v) is 4.83. The predicted molar refractivity (Wildman–Crippen MR) is 58.5 cm³/mol. The van der Waals surface area contributed by atoms with Gasteiger partial charge >= 0.3 is 0 Å². The van der Waals surface area contributed by atoms with Gasteiger partial charge in [-0.25, -0.2) is 0 Å². The molecule has 2 nitrogen and oxygen atoms in total. The molecule has 0 N–H and O–H groups in total. The highest BCUT2D eigenvalue weighted by Gasteiger charge is 2.13. The smallest absolute Gasteiger partial charge is 0.123 e. The Balaban J connectivity index is 3.08. The van der Waals surface area contributed by atoms with Crippen LogP contribution in [0, 0.1) is 11.3 Å². The van der Waals surface area contributed by atoms with Crippen molar-refractivity contribution in [3.8, 4) is 6.07 Å². The van der Waals surface area contributed by atoms with Gasteiger partial charge in [0.15, 0.2) is 0 Å². The molecule has 1 rings (SSSR count). The Bertz CT molecular complexity index is 369. The van der Waals surface area contributed by atoms with Crippen LogP contribution in [0.3, 0.4) is 0 Å². The lowest BCUT2D eigenvalue weighted by Gasteiger charge is -2.17. The maximum atomic E-state index is 8.94. The van der Waals surface area contributed by atoms with Crippen molar-refractivity contribution in [2.45, 2.75) is 6.04 Å². The van der Waals surface area contributed by atoms with E-state index in [0.717, 1.165) is 5.56 Å². The minimum atomic E-state index is -0.287. The Morgan fingerprint density at radius 2 is 1.93 bits per heavy atom. The van der Waals surface area contributed by atoms with Gasteiger partial charge in [-0.05, 0) is 31.8 Å². The summed E-state index contributed by atoms with van der Waals surface area (Å²) in [5.74, 6) is 0. The van der Waals surface area contributed by atoms with Crippen molar-refractivity contribution in [2.24, 2.45) is 0 Å². The van der Waals surface area contributed by atoms with Gasteiger partial charge in [0, 0.05) is 0 Å². The fourth-order valence-corrected chi connectivity index (χ4v) is 1.48. The second-order valence-electron chi connectivity index (χ2n) is 3.17. The van der Waals surface area contributed by atoms with Gasteiger partial charge in [-0.1, -0.05) is 29.3 Å². The molecule has 1 atom stereocenters. The highest BCUT2D eigenvalue weighted by Crippen LogP contribution is 2.26. The number of rotatable bonds is 2. The van der Waals surface area contributed by atoms with Crippen LogP contribution in [-0.2, 0) is 0 Å². The molecule has 0 radical (unpaired) electrons. The molecule has 0 aliphatic rings. The highest BCUT2D eigenvalue weighted by molar-refractivity contribution is 6.42. The Hall–Kier alpha value is -0.750. The van der Waals surface area contributed by atoms with Gasteiger partial charge in [0.2, 0.25) is 0 Å². The van der Waals surface area contributed by atoms with Crippen molar-refractivity contribution in [2.75, 3.05) is 14.1 Å². The van der Waals surface area contributed by atoms with Crippen LogP contribution in [0.15, 0.2) is 18.2 Å². The van der Waals surface area contributed by atoms with Gasteiger partial charge in [-0.3, -0.25) is 4.90 Å². The van der Waals surface area contributed by atoms with Crippen molar-refractivity contribution in [1.82, 2.24) is 4.90 Å². The molecule has 1 aromatic carbocycles. The largest absolute Gasteiger partial charge is 0.291 e. The Labute approximate surface area is 93.7 Å². The molecular weight excluding hydrogens is 219 g/mol. The van der Waals surface area contributed by atoms with E-state index in [-0.39, 0.29) is 6.04 Å². The normalized spacial score (nSPS) is 12.6. The summed E-state index contributed by atoms with van der Waals surface area (Å²) < 4.78 is 0. The zero-order valence-corrected chi connectivity index (χ0v) is 9.47. The highest BCUT2D eigenvalue weighted by atomic mass is 35.5. The third-order valence-corrected chi connectivity index (χ3v) is 2.64. The van der Waals surface area contributed by atoms with E-state index >= 15 is 0 Å². The molecule has 0 fully saturated rings. The lowest BCUT2D eigenvalue weighted by atomic mass is 10.1. The van der Waals surface area contributed by atoms with E-state index in [9.17, 15) is 0 Å². The van der Waals surface area contributed by atoms with E-state index in [0.29, 0.717) is 10.0 Å². The maximum absolute atomic E-state index is 8.94. The molecule has 0 heterocycles. The molecule has 74 valence electrons. The van der Waals surface area contributed by atoms with Crippen LogP contribution in [0.5, 0.6) is 0 Å². The first-order chi connectivity index (χ1) is 6.56. The fraction of sp³-hybridized carbons (Fsp3) is 0.300. The maximum Gasteiger partial charge on any atom is 0.123 e. The van der Waals surface area contributed by atoms with Crippen LogP contribution in [0.4, 0.5) is 0 Å². The number of hydrogen-bond acceptors (Lipinski definition) is 2. The minimum Gasteiger partial charge on any atom is -0.291 e. The van der Waals surface area contributed by atoms with E-state index in [1.807, 2.05) is 25.1 Å². The van der Waals surface area contributed by atoms with Gasteiger partial charge in [0.1, 0.15) is 6.04 Å². The summed E-state index contributed by atoms with van der Waals surface area (Å²) in [6.07, 6.45) is 0. The lowest BCUT2D eigenvalue weighted by Crippen LogP contribution is -2.18. The number of benzene rings is 1. The lowest BCUT2D eigenvalue weighted by molar-refractivity contribution is 0.358. The van der Waals surface area contributed by atoms with Crippen LogP contribution in [-0.4, -0.2) is 19.0 Å². The summed E-state index contributed by atoms with van der Waals surface area (Å²) in [7, 11) is 3.69. The number of nitrogens with zero attached hydrogens (tertiary/aromatic N) is 2. The SMILES string of the molecule is CN(C)[C@H](C#N)c1ccc(Cl)c(Cl)c1. The molecular formula is C10H10Cl2N2. The minimum absolute atomic E-state index is 0.287. The van der Waals surface area contributed by atoms with Crippen LogP contribution in [0.25, 0.3) is 0 Å². The Kier molecular flexibility index (Phi) is 3.77. The number of halogens is 2. The molecule has 0 aliphatic carbocycles. The third-order valence-electron chi connectivity index (χ3n) is 1.90. The molecule has 1 aromatic rings. The van der Waals surface area contributed by atoms with E-state index in [4.69, 9.17) is 28.5 Å². The van der Waals surface area contributed by atoms with Crippen LogP contribution in [0.2, 0.25) is 10.0 Å². The van der Waals surface area contributed by atoms with Crippen molar-refractivity contribution in [3.63, 3.8) is 0 Å². The molecule has 0 unspecified atom stereocenters. The molecule has 0 bridgehead atoms. The molecule has 0 aliphatic heterocycles. The van der Waals surface area contributed by atoms with Gasteiger partial charge in [-0.15, -0.1) is 0 Å². The third kappa shape index (κ3) is 2.39. The van der Waals surface area contributed by atoms with Crippen LogP contribution < -0.4 is 0 Å². The van der Waals surface area contributed by atoms with Crippen molar-refractivity contribution in [3.05, 3.63) is 33.8 Å². The molecule has 4 heteroatoms. The van der Waals surface area contributed by atoms with Crippen molar-refractivity contribution >= 4 is 23.2 Å². The number of nitriles is 1. The molecule has 0 saturated heterocycles. The van der Waals surface area contributed by atoms with Crippen molar-refractivity contribution < 1.29 is 0 Å². The van der Waals surface area contributed by atoms with E-state index < -0.39 is 0 Å². The van der Waals surface area contributed by atoms with Gasteiger partial charge in [-0.2, -0.15) is 5.26 Å². The Morgan fingerprint density at radius 1 is 1.29 bits per heavy atom. The average molecular weight is 229 g/mol. The summed E-state index contributed by atoms with van der Waals surface area (Å²) in [6.45, 7) is 0.